The minimum Gasteiger partial charge on any atom is -0.369 e. The van der Waals surface area contributed by atoms with Crippen LogP contribution in [0, 0.1) is 5.92 Å². The third kappa shape index (κ3) is 6.13. The normalized spacial score (nSPS) is 15.1. The summed E-state index contributed by atoms with van der Waals surface area (Å²) in [5.41, 5.74) is 7.25. The van der Waals surface area contributed by atoms with Gasteiger partial charge in [0.15, 0.2) is 0 Å². The number of carbonyl (C=O) groups excluding carboxylic acids is 3. The Balaban J connectivity index is 1.55. The monoisotopic (exact) mass is 414 g/mol. The average Bonchev–Trinajstić information content (AvgIpc) is 3.16. The standard InChI is InChI=1S/C21H26N4O3S/c1-14(26)23-12-18-5-6-19(29-18)21(28)24-17-4-2-3-15(11-17)13-25-9-7-16(8-10-25)20(22)27/h2-6,11,16H,7-10,12-13H2,1H3,(H2,22,27)(H,23,26)(H,24,28). The first-order valence-corrected chi connectivity index (χ1v) is 10.5. The highest BCUT2D eigenvalue weighted by Crippen LogP contribution is 2.21. The second-order valence-electron chi connectivity index (χ2n) is 7.28. The maximum Gasteiger partial charge on any atom is 0.265 e. The van der Waals surface area contributed by atoms with E-state index in [-0.39, 0.29) is 23.6 Å². The van der Waals surface area contributed by atoms with Crippen molar-refractivity contribution in [1.82, 2.24) is 10.2 Å². The third-order valence-corrected chi connectivity index (χ3v) is 6.06. The summed E-state index contributed by atoms with van der Waals surface area (Å²) in [5.74, 6) is -0.482. The highest BCUT2D eigenvalue weighted by molar-refractivity contribution is 7.14. The van der Waals surface area contributed by atoms with Crippen molar-refractivity contribution in [2.45, 2.75) is 32.9 Å². The number of benzene rings is 1. The molecular formula is C21H26N4O3S. The van der Waals surface area contributed by atoms with Crippen molar-refractivity contribution < 1.29 is 14.4 Å². The van der Waals surface area contributed by atoms with Crippen LogP contribution < -0.4 is 16.4 Å². The lowest BCUT2D eigenvalue weighted by atomic mass is 9.96. The molecule has 4 N–H and O–H groups in total. The molecule has 2 aromatic rings. The van der Waals surface area contributed by atoms with Crippen molar-refractivity contribution in [3.63, 3.8) is 0 Å². The first-order chi connectivity index (χ1) is 13.9. The van der Waals surface area contributed by atoms with Gasteiger partial charge in [-0.1, -0.05) is 12.1 Å². The van der Waals surface area contributed by atoms with Crippen molar-refractivity contribution in [2.24, 2.45) is 11.7 Å². The lowest BCUT2D eigenvalue weighted by Gasteiger charge is -2.30. The van der Waals surface area contributed by atoms with Gasteiger partial charge in [0, 0.05) is 30.0 Å². The molecule has 0 saturated carbocycles. The van der Waals surface area contributed by atoms with Crippen LogP contribution in [-0.2, 0) is 22.7 Å². The van der Waals surface area contributed by atoms with Gasteiger partial charge in [0.05, 0.1) is 11.4 Å². The molecule has 29 heavy (non-hydrogen) atoms. The molecule has 0 aliphatic carbocycles. The molecule has 1 aliphatic rings. The first-order valence-electron chi connectivity index (χ1n) is 9.66. The Morgan fingerprint density at radius 1 is 1.17 bits per heavy atom. The van der Waals surface area contributed by atoms with E-state index in [4.69, 9.17) is 5.73 Å². The van der Waals surface area contributed by atoms with Crippen LogP contribution in [0.5, 0.6) is 0 Å². The van der Waals surface area contributed by atoms with E-state index in [9.17, 15) is 14.4 Å². The zero-order chi connectivity index (χ0) is 20.8. The summed E-state index contributed by atoms with van der Waals surface area (Å²) < 4.78 is 0. The second-order valence-corrected chi connectivity index (χ2v) is 8.45. The summed E-state index contributed by atoms with van der Waals surface area (Å²) >= 11 is 1.36. The lowest BCUT2D eigenvalue weighted by Crippen LogP contribution is -2.38. The van der Waals surface area contributed by atoms with Crippen LogP contribution >= 0.6 is 11.3 Å². The van der Waals surface area contributed by atoms with Gasteiger partial charge in [0.2, 0.25) is 11.8 Å². The Hall–Kier alpha value is -2.71. The van der Waals surface area contributed by atoms with Crippen molar-refractivity contribution in [3.8, 4) is 0 Å². The number of piperidine rings is 1. The number of primary amides is 1. The van der Waals surface area contributed by atoms with E-state index in [1.54, 1.807) is 6.07 Å². The van der Waals surface area contributed by atoms with E-state index in [1.165, 1.54) is 18.3 Å². The molecule has 154 valence electrons. The van der Waals surface area contributed by atoms with Crippen molar-refractivity contribution in [1.29, 1.82) is 0 Å². The molecule has 0 bridgehead atoms. The molecule has 1 fully saturated rings. The third-order valence-electron chi connectivity index (χ3n) is 4.98. The number of hydrogen-bond acceptors (Lipinski definition) is 5. The van der Waals surface area contributed by atoms with E-state index in [1.807, 2.05) is 30.3 Å². The van der Waals surface area contributed by atoms with Gasteiger partial charge in [-0.15, -0.1) is 11.3 Å². The van der Waals surface area contributed by atoms with Gasteiger partial charge in [-0.3, -0.25) is 19.3 Å². The predicted octanol–water partition coefficient (Wildman–Crippen LogP) is 2.33. The molecule has 1 aliphatic heterocycles. The Morgan fingerprint density at radius 2 is 1.93 bits per heavy atom. The van der Waals surface area contributed by atoms with Gasteiger partial charge >= 0.3 is 0 Å². The molecule has 7 nitrogen and oxygen atoms in total. The Kier molecular flexibility index (Phi) is 7.00. The number of amides is 3. The van der Waals surface area contributed by atoms with Crippen LogP contribution in [-0.4, -0.2) is 35.7 Å². The molecule has 2 heterocycles. The van der Waals surface area contributed by atoms with Gasteiger partial charge in [-0.2, -0.15) is 0 Å². The van der Waals surface area contributed by atoms with Crippen LogP contribution in [0.4, 0.5) is 5.69 Å². The van der Waals surface area contributed by atoms with Gasteiger partial charge in [-0.25, -0.2) is 0 Å². The highest BCUT2D eigenvalue weighted by Gasteiger charge is 2.23. The summed E-state index contributed by atoms with van der Waals surface area (Å²) in [6.07, 6.45) is 1.59. The summed E-state index contributed by atoms with van der Waals surface area (Å²) in [5, 5.41) is 5.67. The summed E-state index contributed by atoms with van der Waals surface area (Å²) in [6, 6.07) is 11.4. The average molecular weight is 415 g/mol. The Labute approximate surface area is 174 Å². The molecule has 3 rings (SSSR count). The maximum absolute atomic E-state index is 12.5. The molecular weight excluding hydrogens is 388 g/mol. The highest BCUT2D eigenvalue weighted by atomic mass is 32.1. The topological polar surface area (TPSA) is 105 Å². The number of thiophene rings is 1. The SMILES string of the molecule is CC(=O)NCc1ccc(C(=O)Nc2cccc(CN3CCC(C(N)=O)CC3)c2)s1. The van der Waals surface area contributed by atoms with Crippen molar-refractivity contribution >= 4 is 34.7 Å². The number of likely N-dealkylation sites (tertiary alicyclic amines) is 1. The number of nitrogens with zero attached hydrogens (tertiary/aromatic N) is 1. The minimum absolute atomic E-state index is 0.0155. The largest absolute Gasteiger partial charge is 0.369 e. The van der Waals surface area contributed by atoms with E-state index >= 15 is 0 Å². The molecule has 1 saturated heterocycles. The molecule has 0 unspecified atom stereocenters. The second kappa shape index (κ2) is 9.67. The lowest BCUT2D eigenvalue weighted by molar-refractivity contribution is -0.123. The smallest absolute Gasteiger partial charge is 0.265 e. The van der Waals surface area contributed by atoms with E-state index in [2.05, 4.69) is 15.5 Å². The maximum atomic E-state index is 12.5. The molecule has 8 heteroatoms. The number of anilines is 1. The number of carbonyl (C=O) groups is 3. The van der Waals surface area contributed by atoms with Crippen LogP contribution in [0.25, 0.3) is 0 Å². The fraction of sp³-hybridized carbons (Fsp3) is 0.381. The fourth-order valence-electron chi connectivity index (χ4n) is 3.38. The van der Waals surface area contributed by atoms with E-state index < -0.39 is 0 Å². The molecule has 0 atom stereocenters. The van der Waals surface area contributed by atoms with Crippen LogP contribution in [0.3, 0.4) is 0 Å². The van der Waals surface area contributed by atoms with Gasteiger partial charge in [0.25, 0.3) is 5.91 Å². The van der Waals surface area contributed by atoms with Crippen molar-refractivity contribution in [2.75, 3.05) is 18.4 Å². The number of hydrogen-bond donors (Lipinski definition) is 3. The van der Waals surface area contributed by atoms with Gasteiger partial charge in [0.1, 0.15) is 0 Å². The predicted molar refractivity (Wildman–Crippen MR) is 113 cm³/mol. The van der Waals surface area contributed by atoms with Crippen LogP contribution in [0.2, 0.25) is 0 Å². The van der Waals surface area contributed by atoms with Gasteiger partial charge < -0.3 is 16.4 Å². The van der Waals surface area contributed by atoms with Crippen LogP contribution in [0.1, 0.15) is 39.9 Å². The molecule has 3 amide bonds. The quantitative estimate of drug-likeness (QED) is 0.647. The van der Waals surface area contributed by atoms with Crippen molar-refractivity contribution in [3.05, 3.63) is 51.7 Å². The molecule has 1 aromatic heterocycles. The number of nitrogens with two attached hydrogens (primary N) is 1. The number of rotatable bonds is 7. The molecule has 0 spiro atoms. The van der Waals surface area contributed by atoms with E-state index in [0.717, 1.165) is 48.6 Å². The Morgan fingerprint density at radius 3 is 2.62 bits per heavy atom. The summed E-state index contributed by atoms with van der Waals surface area (Å²) in [7, 11) is 0. The summed E-state index contributed by atoms with van der Waals surface area (Å²) in [4.78, 5) is 38.7. The summed E-state index contributed by atoms with van der Waals surface area (Å²) in [6.45, 7) is 4.35. The zero-order valence-corrected chi connectivity index (χ0v) is 17.3. The fourth-order valence-corrected chi connectivity index (χ4v) is 4.22. The van der Waals surface area contributed by atoms with Crippen LogP contribution in [0.15, 0.2) is 36.4 Å². The van der Waals surface area contributed by atoms with Gasteiger partial charge in [-0.05, 0) is 55.8 Å². The molecule has 0 radical (unpaired) electrons. The number of nitrogens with one attached hydrogen (secondary N) is 2. The minimum atomic E-state index is -0.205. The van der Waals surface area contributed by atoms with E-state index in [0.29, 0.717) is 11.4 Å². The molecule has 1 aromatic carbocycles. The zero-order valence-electron chi connectivity index (χ0n) is 16.4. The Bertz CT molecular complexity index is 888. The first kappa shape index (κ1) is 21.0.